The van der Waals surface area contributed by atoms with E-state index in [1.165, 1.54) is 12.4 Å². The van der Waals surface area contributed by atoms with Crippen LogP contribution in [-0.2, 0) is 4.79 Å². The molecule has 1 N–H and O–H groups in total. The lowest BCUT2D eigenvalue weighted by atomic mass is 10.0. The SMILES string of the molecule is O=Cc1c(Br)cncc1N1CCC1C(=O)O. The Hall–Kier alpha value is -1.43. The number of nitrogens with zero attached hydrogens (tertiary/aromatic N) is 2. The van der Waals surface area contributed by atoms with E-state index in [-0.39, 0.29) is 0 Å². The quantitative estimate of drug-likeness (QED) is 0.848. The van der Waals surface area contributed by atoms with E-state index in [2.05, 4.69) is 20.9 Å². The van der Waals surface area contributed by atoms with Crippen molar-refractivity contribution in [2.45, 2.75) is 12.5 Å². The molecule has 1 unspecified atom stereocenters. The van der Waals surface area contributed by atoms with Crippen LogP contribution in [0.3, 0.4) is 0 Å². The molecule has 0 aromatic carbocycles. The Morgan fingerprint density at radius 1 is 1.62 bits per heavy atom. The van der Waals surface area contributed by atoms with Crippen LogP contribution in [-0.4, -0.2) is 34.9 Å². The number of pyridine rings is 1. The highest BCUT2D eigenvalue weighted by molar-refractivity contribution is 9.10. The summed E-state index contributed by atoms with van der Waals surface area (Å²) >= 11 is 3.22. The second-order valence-corrected chi connectivity index (χ2v) is 4.36. The van der Waals surface area contributed by atoms with Crippen molar-refractivity contribution in [3.05, 3.63) is 22.4 Å². The summed E-state index contributed by atoms with van der Waals surface area (Å²) in [6.45, 7) is 0.635. The van der Waals surface area contributed by atoms with Gasteiger partial charge in [0.25, 0.3) is 0 Å². The van der Waals surface area contributed by atoms with Gasteiger partial charge in [-0.15, -0.1) is 0 Å². The van der Waals surface area contributed by atoms with Crippen LogP contribution in [0.1, 0.15) is 16.8 Å². The number of carboxylic acids is 1. The Bertz CT molecular complexity index is 450. The monoisotopic (exact) mass is 284 g/mol. The van der Waals surface area contributed by atoms with Crippen LogP contribution in [0.25, 0.3) is 0 Å². The summed E-state index contributed by atoms with van der Waals surface area (Å²) in [7, 11) is 0. The molecule has 0 saturated carbocycles. The third kappa shape index (κ3) is 1.69. The van der Waals surface area contributed by atoms with Crippen molar-refractivity contribution in [2.24, 2.45) is 0 Å². The molecular weight excluding hydrogens is 276 g/mol. The highest BCUT2D eigenvalue weighted by atomic mass is 79.9. The molecule has 0 spiro atoms. The third-order valence-corrected chi connectivity index (χ3v) is 3.28. The van der Waals surface area contributed by atoms with Gasteiger partial charge in [0.05, 0.1) is 17.4 Å². The lowest BCUT2D eigenvalue weighted by molar-refractivity contribution is -0.139. The molecule has 1 aliphatic heterocycles. The predicted octanol–water partition coefficient (Wildman–Crippen LogP) is 1.32. The van der Waals surface area contributed by atoms with Crippen molar-refractivity contribution in [2.75, 3.05) is 11.4 Å². The first-order valence-electron chi connectivity index (χ1n) is 4.73. The third-order valence-electron chi connectivity index (χ3n) is 2.65. The van der Waals surface area contributed by atoms with Crippen molar-refractivity contribution in [1.29, 1.82) is 0 Å². The normalized spacial score (nSPS) is 19.1. The van der Waals surface area contributed by atoms with Crippen LogP contribution < -0.4 is 4.90 Å². The lowest BCUT2D eigenvalue weighted by Crippen LogP contribution is -2.53. The molecule has 1 fully saturated rings. The highest BCUT2D eigenvalue weighted by Crippen LogP contribution is 2.31. The number of carbonyl (C=O) groups excluding carboxylic acids is 1. The summed E-state index contributed by atoms with van der Waals surface area (Å²) in [6, 6.07) is -0.546. The number of aromatic nitrogens is 1. The summed E-state index contributed by atoms with van der Waals surface area (Å²) in [5, 5.41) is 8.94. The maximum Gasteiger partial charge on any atom is 0.326 e. The van der Waals surface area contributed by atoms with Gasteiger partial charge in [-0.25, -0.2) is 4.79 Å². The minimum atomic E-state index is -0.872. The molecule has 1 aromatic rings. The molecule has 1 saturated heterocycles. The first-order valence-corrected chi connectivity index (χ1v) is 5.52. The molecule has 1 aromatic heterocycles. The average molecular weight is 285 g/mol. The number of anilines is 1. The van der Waals surface area contributed by atoms with Crippen LogP contribution in [0.2, 0.25) is 0 Å². The lowest BCUT2D eigenvalue weighted by Gasteiger charge is -2.40. The zero-order chi connectivity index (χ0) is 11.7. The predicted molar refractivity (Wildman–Crippen MR) is 60.7 cm³/mol. The Morgan fingerprint density at radius 2 is 2.38 bits per heavy atom. The Kier molecular flexibility index (Phi) is 2.91. The molecule has 5 nitrogen and oxygen atoms in total. The van der Waals surface area contributed by atoms with Gasteiger partial charge >= 0.3 is 5.97 Å². The number of aliphatic carboxylic acids is 1. The fraction of sp³-hybridized carbons (Fsp3) is 0.300. The molecule has 0 bridgehead atoms. The molecular formula is C10H9BrN2O3. The minimum Gasteiger partial charge on any atom is -0.480 e. The highest BCUT2D eigenvalue weighted by Gasteiger charge is 2.35. The summed E-state index contributed by atoms with van der Waals surface area (Å²) in [6.07, 6.45) is 4.34. The molecule has 6 heteroatoms. The van der Waals surface area contributed by atoms with Gasteiger partial charge in [-0.2, -0.15) is 0 Å². The summed E-state index contributed by atoms with van der Waals surface area (Å²) in [5.74, 6) is -0.872. The number of hydrogen-bond donors (Lipinski definition) is 1. The minimum absolute atomic E-state index is 0.445. The number of aldehydes is 1. The topological polar surface area (TPSA) is 70.5 Å². The van der Waals surface area contributed by atoms with Gasteiger partial charge in [0.1, 0.15) is 6.04 Å². The number of carbonyl (C=O) groups is 2. The first kappa shape index (κ1) is 11.1. The second-order valence-electron chi connectivity index (χ2n) is 3.51. The summed E-state index contributed by atoms with van der Waals surface area (Å²) < 4.78 is 0.580. The van der Waals surface area contributed by atoms with Gasteiger partial charge < -0.3 is 10.0 Å². The van der Waals surface area contributed by atoms with E-state index >= 15 is 0 Å². The van der Waals surface area contributed by atoms with E-state index in [4.69, 9.17) is 5.11 Å². The Balaban J connectivity index is 2.37. The standard InChI is InChI=1S/C10H9BrN2O3/c11-7-3-12-4-9(6(7)5-14)13-2-1-8(13)10(15)16/h3-5,8H,1-2H2,(H,15,16). The van der Waals surface area contributed by atoms with Gasteiger partial charge in [0, 0.05) is 17.2 Å². The molecule has 84 valence electrons. The largest absolute Gasteiger partial charge is 0.480 e. The average Bonchev–Trinajstić information content (AvgIpc) is 2.15. The molecule has 16 heavy (non-hydrogen) atoms. The maximum absolute atomic E-state index is 10.9. The zero-order valence-electron chi connectivity index (χ0n) is 8.26. The van der Waals surface area contributed by atoms with E-state index in [0.717, 1.165) is 0 Å². The van der Waals surface area contributed by atoms with E-state index in [1.54, 1.807) is 4.90 Å². The van der Waals surface area contributed by atoms with Crippen molar-refractivity contribution in [3.8, 4) is 0 Å². The number of carboxylic acid groups (broad SMARTS) is 1. The fourth-order valence-corrected chi connectivity index (χ4v) is 2.13. The zero-order valence-corrected chi connectivity index (χ0v) is 9.85. The van der Waals surface area contributed by atoms with Crippen molar-refractivity contribution in [1.82, 2.24) is 4.98 Å². The molecule has 0 amide bonds. The van der Waals surface area contributed by atoms with E-state index < -0.39 is 12.0 Å². The van der Waals surface area contributed by atoms with E-state index in [9.17, 15) is 9.59 Å². The second kappa shape index (κ2) is 4.21. The molecule has 0 radical (unpaired) electrons. The summed E-state index contributed by atoms with van der Waals surface area (Å²) in [5.41, 5.74) is 1.02. The molecule has 2 heterocycles. The Labute approximate surface area is 100 Å². The smallest absolute Gasteiger partial charge is 0.326 e. The van der Waals surface area contributed by atoms with Crippen molar-refractivity contribution in [3.63, 3.8) is 0 Å². The molecule has 2 rings (SSSR count). The molecule has 0 aliphatic carbocycles. The van der Waals surface area contributed by atoms with E-state index in [0.29, 0.717) is 35.0 Å². The van der Waals surface area contributed by atoms with Crippen LogP contribution in [0.15, 0.2) is 16.9 Å². The van der Waals surface area contributed by atoms with Crippen molar-refractivity contribution < 1.29 is 14.7 Å². The van der Waals surface area contributed by atoms with Crippen LogP contribution in [0.4, 0.5) is 5.69 Å². The van der Waals surface area contributed by atoms with E-state index in [1.807, 2.05) is 0 Å². The van der Waals surface area contributed by atoms with Gasteiger partial charge in [-0.1, -0.05) is 0 Å². The number of hydrogen-bond acceptors (Lipinski definition) is 4. The van der Waals surface area contributed by atoms with Gasteiger partial charge in [0.15, 0.2) is 6.29 Å². The Morgan fingerprint density at radius 3 is 2.88 bits per heavy atom. The van der Waals surface area contributed by atoms with Gasteiger partial charge in [-0.3, -0.25) is 9.78 Å². The molecule has 1 aliphatic rings. The van der Waals surface area contributed by atoms with Crippen LogP contribution >= 0.6 is 15.9 Å². The molecule has 1 atom stereocenters. The van der Waals surface area contributed by atoms with Gasteiger partial charge in [0.2, 0.25) is 0 Å². The number of halogens is 1. The van der Waals surface area contributed by atoms with Crippen molar-refractivity contribution >= 4 is 33.9 Å². The fourth-order valence-electron chi connectivity index (χ4n) is 1.71. The van der Waals surface area contributed by atoms with Crippen LogP contribution in [0.5, 0.6) is 0 Å². The van der Waals surface area contributed by atoms with Gasteiger partial charge in [-0.05, 0) is 22.4 Å². The number of rotatable bonds is 3. The summed E-state index contributed by atoms with van der Waals surface area (Å²) in [4.78, 5) is 27.4. The maximum atomic E-state index is 10.9. The first-order chi connectivity index (χ1) is 7.65. The van der Waals surface area contributed by atoms with Crippen LogP contribution in [0, 0.1) is 0 Å².